The van der Waals surface area contributed by atoms with Gasteiger partial charge in [0, 0.05) is 12.1 Å². The molecule has 0 fully saturated rings. The number of furan rings is 1. The van der Waals surface area contributed by atoms with Crippen molar-refractivity contribution in [1.82, 2.24) is 25.8 Å². The first-order chi connectivity index (χ1) is 12.3. The molecule has 0 saturated carbocycles. The lowest BCUT2D eigenvalue weighted by Crippen LogP contribution is -2.37. The Morgan fingerprint density at radius 2 is 2.08 bits per heavy atom. The van der Waals surface area contributed by atoms with Gasteiger partial charge >= 0.3 is 0 Å². The molecule has 0 atom stereocenters. The van der Waals surface area contributed by atoms with E-state index in [-0.39, 0.29) is 36.3 Å². The topological polar surface area (TPSA) is 91.1 Å². The van der Waals surface area contributed by atoms with Crippen molar-refractivity contribution in [2.75, 3.05) is 6.54 Å². The minimum absolute atomic E-state index is 0. The zero-order valence-electron chi connectivity index (χ0n) is 14.2. The summed E-state index contributed by atoms with van der Waals surface area (Å²) >= 11 is 0. The van der Waals surface area contributed by atoms with Crippen molar-refractivity contribution in [3.05, 3.63) is 59.9 Å². The van der Waals surface area contributed by atoms with Crippen LogP contribution in [0.3, 0.4) is 0 Å². The van der Waals surface area contributed by atoms with Crippen LogP contribution in [0.1, 0.15) is 18.3 Å². The number of rotatable bonds is 6. The molecule has 0 aliphatic heterocycles. The number of nitrogens with zero attached hydrogens (tertiary/aromatic N) is 3. The second-order valence-corrected chi connectivity index (χ2v) is 5.22. The molecule has 9 heteroatoms. The number of guanidine groups is 1. The van der Waals surface area contributed by atoms with Gasteiger partial charge in [-0.15, -0.1) is 29.1 Å². The second kappa shape index (κ2) is 9.90. The van der Waals surface area contributed by atoms with Crippen molar-refractivity contribution in [1.29, 1.82) is 0 Å². The van der Waals surface area contributed by atoms with E-state index in [1.807, 2.05) is 6.92 Å². The molecule has 3 aromatic rings. The lowest BCUT2D eigenvalue weighted by atomic mass is 10.2. The highest BCUT2D eigenvalue weighted by Gasteiger charge is 2.08. The molecule has 0 radical (unpaired) electrons. The fraction of sp³-hybridized carbons (Fsp3) is 0.235. The highest BCUT2D eigenvalue weighted by molar-refractivity contribution is 14.0. The summed E-state index contributed by atoms with van der Waals surface area (Å²) in [5, 5.41) is 13.2. The van der Waals surface area contributed by atoms with Gasteiger partial charge in [0.2, 0.25) is 5.82 Å². The standard InChI is InChI=1S/C17H19FN6O.HI/c1-2-19-17(20-10-12-6-3-4-7-13(12)18)21-11-15-22-16(24-23-15)14-8-5-9-25-14;/h3-9H,2,10-11H2,1H3,(H2,19,20,21)(H,22,23,24);1H. The maximum atomic E-state index is 13.7. The number of halogens is 2. The molecule has 0 unspecified atom stereocenters. The lowest BCUT2D eigenvalue weighted by molar-refractivity contribution is 0.577. The largest absolute Gasteiger partial charge is 0.461 e. The summed E-state index contributed by atoms with van der Waals surface area (Å²) in [7, 11) is 0. The number of H-pyrrole nitrogens is 1. The number of aromatic amines is 1. The molecule has 0 spiro atoms. The van der Waals surface area contributed by atoms with E-state index >= 15 is 0 Å². The molecule has 0 aliphatic carbocycles. The Kier molecular flexibility index (Phi) is 7.57. The Morgan fingerprint density at radius 3 is 2.81 bits per heavy atom. The SMILES string of the molecule is CCNC(=NCc1ccccc1F)NCc1nc(-c2ccco2)n[nH]1.I. The molecule has 1 aromatic carbocycles. The van der Waals surface area contributed by atoms with Gasteiger partial charge in [-0.3, -0.25) is 5.10 Å². The molecule has 3 N–H and O–H groups in total. The van der Waals surface area contributed by atoms with Crippen molar-refractivity contribution in [3.63, 3.8) is 0 Å². The normalized spacial score (nSPS) is 11.1. The predicted molar refractivity (Wildman–Crippen MR) is 108 cm³/mol. The first kappa shape index (κ1) is 19.9. The van der Waals surface area contributed by atoms with Crippen molar-refractivity contribution >= 4 is 29.9 Å². The van der Waals surface area contributed by atoms with Crippen LogP contribution >= 0.6 is 24.0 Å². The van der Waals surface area contributed by atoms with Crippen LogP contribution in [0.2, 0.25) is 0 Å². The van der Waals surface area contributed by atoms with E-state index in [1.165, 1.54) is 6.07 Å². The van der Waals surface area contributed by atoms with Crippen molar-refractivity contribution in [2.24, 2.45) is 4.99 Å². The van der Waals surface area contributed by atoms with Gasteiger partial charge in [-0.1, -0.05) is 18.2 Å². The van der Waals surface area contributed by atoms with Gasteiger partial charge < -0.3 is 15.1 Å². The van der Waals surface area contributed by atoms with Gasteiger partial charge in [0.1, 0.15) is 11.6 Å². The number of hydrogen-bond acceptors (Lipinski definition) is 4. The molecule has 7 nitrogen and oxygen atoms in total. The Hall–Kier alpha value is -2.43. The molecule has 0 amide bonds. The molecule has 0 aliphatic rings. The average molecular weight is 470 g/mol. The molecule has 2 heterocycles. The van der Waals surface area contributed by atoms with E-state index in [4.69, 9.17) is 4.42 Å². The van der Waals surface area contributed by atoms with Crippen LogP contribution in [-0.4, -0.2) is 27.7 Å². The van der Waals surface area contributed by atoms with E-state index in [2.05, 4.69) is 30.8 Å². The Morgan fingerprint density at radius 1 is 1.23 bits per heavy atom. The highest BCUT2D eigenvalue weighted by atomic mass is 127. The number of aliphatic imine (C=N–C) groups is 1. The minimum atomic E-state index is -0.263. The van der Waals surface area contributed by atoms with Crippen LogP contribution in [0.5, 0.6) is 0 Å². The number of aromatic nitrogens is 3. The first-order valence-corrected chi connectivity index (χ1v) is 7.97. The summed E-state index contributed by atoms with van der Waals surface area (Å²) in [6.07, 6.45) is 1.57. The molecule has 2 aromatic heterocycles. The monoisotopic (exact) mass is 470 g/mol. The number of hydrogen-bond donors (Lipinski definition) is 3. The van der Waals surface area contributed by atoms with Gasteiger partial charge in [-0.05, 0) is 25.1 Å². The Balaban J connectivity index is 0.00000243. The fourth-order valence-electron chi connectivity index (χ4n) is 2.19. The second-order valence-electron chi connectivity index (χ2n) is 5.22. The third-order valence-electron chi connectivity index (χ3n) is 3.41. The predicted octanol–water partition coefficient (Wildman–Crippen LogP) is 3.08. The van der Waals surface area contributed by atoms with Crippen molar-refractivity contribution in [2.45, 2.75) is 20.0 Å². The van der Waals surface area contributed by atoms with Crippen LogP contribution in [0, 0.1) is 5.82 Å². The molecule has 0 saturated heterocycles. The summed E-state index contributed by atoms with van der Waals surface area (Å²) < 4.78 is 18.9. The molecule has 0 bridgehead atoms. The maximum absolute atomic E-state index is 13.7. The molecular formula is C17H20FIN6O. The summed E-state index contributed by atoms with van der Waals surface area (Å²) in [5.41, 5.74) is 0.541. The zero-order valence-corrected chi connectivity index (χ0v) is 16.5. The van der Waals surface area contributed by atoms with Crippen LogP contribution in [0.4, 0.5) is 4.39 Å². The summed E-state index contributed by atoms with van der Waals surface area (Å²) in [6.45, 7) is 3.30. The third kappa shape index (κ3) is 5.28. The van der Waals surface area contributed by atoms with E-state index in [0.717, 1.165) is 0 Å². The number of benzene rings is 1. The van der Waals surface area contributed by atoms with Crippen LogP contribution < -0.4 is 10.6 Å². The van der Waals surface area contributed by atoms with Crippen molar-refractivity contribution in [3.8, 4) is 11.6 Å². The average Bonchev–Trinajstić information content (AvgIpc) is 3.30. The highest BCUT2D eigenvalue weighted by Crippen LogP contribution is 2.14. The van der Waals surface area contributed by atoms with Gasteiger partial charge in [0.05, 0.1) is 19.4 Å². The molecular weight excluding hydrogens is 450 g/mol. The summed E-state index contributed by atoms with van der Waals surface area (Å²) in [6, 6.07) is 10.2. The molecule has 26 heavy (non-hydrogen) atoms. The summed E-state index contributed by atoms with van der Waals surface area (Å²) in [4.78, 5) is 8.74. The number of nitrogens with one attached hydrogen (secondary N) is 3. The Bertz CT molecular complexity index is 833. The van der Waals surface area contributed by atoms with Gasteiger partial charge in [-0.25, -0.2) is 14.4 Å². The quantitative estimate of drug-likeness (QED) is 0.293. The minimum Gasteiger partial charge on any atom is -0.461 e. The zero-order chi connectivity index (χ0) is 17.5. The third-order valence-corrected chi connectivity index (χ3v) is 3.41. The van der Waals surface area contributed by atoms with Crippen LogP contribution in [-0.2, 0) is 13.1 Å². The summed E-state index contributed by atoms with van der Waals surface area (Å²) in [5.74, 6) is 2.04. The van der Waals surface area contributed by atoms with E-state index in [9.17, 15) is 4.39 Å². The lowest BCUT2D eigenvalue weighted by Gasteiger charge is -2.10. The van der Waals surface area contributed by atoms with Crippen LogP contribution in [0.25, 0.3) is 11.6 Å². The maximum Gasteiger partial charge on any atom is 0.216 e. The smallest absolute Gasteiger partial charge is 0.216 e. The van der Waals surface area contributed by atoms with Crippen molar-refractivity contribution < 1.29 is 8.81 Å². The van der Waals surface area contributed by atoms with E-state index < -0.39 is 0 Å². The Labute approximate surface area is 167 Å². The van der Waals surface area contributed by atoms with Gasteiger partial charge in [-0.2, -0.15) is 0 Å². The van der Waals surface area contributed by atoms with E-state index in [1.54, 1.807) is 36.6 Å². The van der Waals surface area contributed by atoms with Crippen LogP contribution in [0.15, 0.2) is 52.1 Å². The van der Waals surface area contributed by atoms with Gasteiger partial charge in [0.15, 0.2) is 11.7 Å². The van der Waals surface area contributed by atoms with E-state index in [0.29, 0.717) is 42.0 Å². The molecule has 138 valence electrons. The fourth-order valence-corrected chi connectivity index (χ4v) is 2.19. The van der Waals surface area contributed by atoms with Gasteiger partial charge in [0.25, 0.3) is 0 Å². The molecule has 3 rings (SSSR count). The first-order valence-electron chi connectivity index (χ1n) is 7.97.